The molecule has 0 spiro atoms. The van der Waals surface area contributed by atoms with Crippen LogP contribution < -0.4 is 5.32 Å². The van der Waals surface area contributed by atoms with Crippen LogP contribution in [0.5, 0.6) is 0 Å². The number of aliphatic hydroxyl groups excluding tert-OH is 1. The van der Waals surface area contributed by atoms with Gasteiger partial charge in [-0.05, 0) is 51.4 Å². The number of ether oxygens (including phenoxy) is 1. The predicted octanol–water partition coefficient (Wildman–Crippen LogP) is 7.04. The van der Waals surface area contributed by atoms with Gasteiger partial charge in [0.15, 0.2) is 6.04 Å². The van der Waals surface area contributed by atoms with Crippen LogP contribution in [0, 0.1) is 0 Å². The normalized spacial score (nSPS) is 15.0. The van der Waals surface area contributed by atoms with Gasteiger partial charge in [-0.3, -0.25) is 18.6 Å². The monoisotopic (exact) mass is 681 g/mol. The van der Waals surface area contributed by atoms with Crippen LogP contribution in [-0.4, -0.2) is 64.9 Å². The molecule has 0 saturated heterocycles. The highest BCUT2D eigenvalue weighted by Gasteiger charge is 2.28. The first kappa shape index (κ1) is 43.9. The molecule has 0 bridgehead atoms. The number of esters is 1. The fraction of sp³-hybridized carbons (Fsp3) is 0.571. The van der Waals surface area contributed by atoms with Crippen molar-refractivity contribution in [2.24, 2.45) is 0 Å². The zero-order valence-corrected chi connectivity index (χ0v) is 28.9. The zero-order chi connectivity index (χ0) is 35.0. The fourth-order valence-electron chi connectivity index (χ4n) is 3.69. The summed E-state index contributed by atoms with van der Waals surface area (Å²) < 4.78 is 26.4. The summed E-state index contributed by atoms with van der Waals surface area (Å²) in [6, 6.07) is -1.55. The number of carboxylic acids is 1. The van der Waals surface area contributed by atoms with Crippen molar-refractivity contribution in [2.75, 3.05) is 19.8 Å². The van der Waals surface area contributed by atoms with Gasteiger partial charge >= 0.3 is 19.8 Å². The Labute approximate surface area is 280 Å². The highest BCUT2D eigenvalue weighted by molar-refractivity contribution is 7.47. The van der Waals surface area contributed by atoms with Crippen LogP contribution in [0.3, 0.4) is 0 Å². The van der Waals surface area contributed by atoms with Crippen LogP contribution in [0.1, 0.15) is 97.3 Å². The third-order valence-electron chi connectivity index (χ3n) is 6.27. The van der Waals surface area contributed by atoms with Gasteiger partial charge in [0.25, 0.3) is 0 Å². The molecule has 0 radical (unpaired) electrons. The molecule has 0 fully saturated rings. The first-order chi connectivity index (χ1) is 22.6. The average Bonchev–Trinajstić information content (AvgIpc) is 3.04. The maximum Gasteiger partial charge on any atom is 0.472 e. The number of nitrogens with one attached hydrogen (secondary N) is 1. The predicted molar refractivity (Wildman–Crippen MR) is 184 cm³/mol. The summed E-state index contributed by atoms with van der Waals surface area (Å²) in [5, 5.41) is 21.4. The maximum atomic E-state index is 12.1. The average molecular weight is 682 g/mol. The van der Waals surface area contributed by atoms with Crippen molar-refractivity contribution in [1.82, 2.24) is 5.32 Å². The smallest absolute Gasteiger partial charge is 0.472 e. The Hall–Kier alpha value is -3.08. The quantitative estimate of drug-likeness (QED) is 0.0278. The standard InChI is InChI=1S/C35H56NO10P/c1-3-5-7-9-10-11-12-13-14-15-16-17-18-19-20-21-22-23-25-27-34(39)44-28-31(37)29-45-47(42,43)46-30-32(35(40)41)36-33(38)26-24-8-6-4-2/h5,7,10-11,13-14,16-17,19-20,22-23,31-32,37H,3-4,6,8-9,12,15,18,21,24-30H2,1-2H3,(H,36,38)(H,40,41)(H,42,43)/b7-5-,11-10-,14-13-,17-16-,20-19-,23-22-. The molecule has 0 aromatic rings. The zero-order valence-electron chi connectivity index (χ0n) is 28.0. The topological polar surface area (TPSA) is 169 Å². The van der Waals surface area contributed by atoms with E-state index in [9.17, 15) is 34.1 Å². The SMILES string of the molecule is CC/C=C\C/C=C\C/C=C\C/C=C\C/C=C\C/C=C\CCC(=O)OCC(O)COP(=O)(O)OCC(NC(=O)CCCCCC)C(=O)O. The molecule has 11 nitrogen and oxygen atoms in total. The number of unbranched alkanes of at least 4 members (excludes halogenated alkanes) is 3. The molecule has 0 aliphatic carbocycles. The molecule has 0 aromatic heterocycles. The number of phosphoric acid groups is 1. The number of phosphoric ester groups is 1. The Bertz CT molecular complexity index is 1080. The second-order valence-corrected chi connectivity index (χ2v) is 12.1. The molecule has 0 aliphatic heterocycles. The number of rotatable bonds is 29. The minimum absolute atomic E-state index is 0.0955. The summed E-state index contributed by atoms with van der Waals surface area (Å²) in [5.74, 6) is -2.51. The maximum absolute atomic E-state index is 12.1. The Balaban J connectivity index is 4.05. The molecule has 3 unspecified atom stereocenters. The largest absolute Gasteiger partial charge is 0.480 e. The van der Waals surface area contributed by atoms with E-state index in [1.807, 2.05) is 25.2 Å². The fourth-order valence-corrected chi connectivity index (χ4v) is 4.46. The molecule has 0 saturated carbocycles. The van der Waals surface area contributed by atoms with E-state index in [-0.39, 0.29) is 12.8 Å². The molecule has 4 N–H and O–H groups in total. The number of hydrogen-bond donors (Lipinski definition) is 4. The van der Waals surface area contributed by atoms with Gasteiger partial charge in [0.05, 0.1) is 13.2 Å². The van der Waals surface area contributed by atoms with Gasteiger partial charge in [0, 0.05) is 12.8 Å². The Morgan fingerprint density at radius 3 is 1.72 bits per heavy atom. The van der Waals surface area contributed by atoms with Gasteiger partial charge in [-0.2, -0.15) is 0 Å². The third kappa shape index (κ3) is 30.0. The Morgan fingerprint density at radius 1 is 0.702 bits per heavy atom. The number of aliphatic hydroxyl groups is 1. The van der Waals surface area contributed by atoms with E-state index in [2.05, 4.69) is 76.0 Å². The molecule has 3 atom stereocenters. The summed E-state index contributed by atoms with van der Waals surface area (Å²) in [6.07, 6.45) is 33.3. The Morgan fingerprint density at radius 2 is 1.21 bits per heavy atom. The van der Waals surface area contributed by atoms with Crippen LogP contribution in [0.15, 0.2) is 72.9 Å². The summed E-state index contributed by atoms with van der Waals surface area (Å²) in [5.41, 5.74) is 0. The van der Waals surface area contributed by atoms with E-state index in [1.165, 1.54) is 0 Å². The number of allylic oxidation sites excluding steroid dienone is 12. The lowest BCUT2D eigenvalue weighted by Crippen LogP contribution is -2.43. The first-order valence-corrected chi connectivity index (χ1v) is 18.0. The summed E-state index contributed by atoms with van der Waals surface area (Å²) >= 11 is 0. The molecule has 0 rings (SSSR count). The Kier molecular flexibility index (Phi) is 28.3. The van der Waals surface area contributed by atoms with E-state index in [0.717, 1.165) is 57.8 Å². The molecule has 0 aliphatic rings. The third-order valence-corrected chi connectivity index (χ3v) is 7.22. The van der Waals surface area contributed by atoms with Crippen LogP contribution in [0.2, 0.25) is 0 Å². The highest BCUT2D eigenvalue weighted by atomic mass is 31.2. The molecule has 0 aromatic carbocycles. The van der Waals surface area contributed by atoms with Gasteiger partial charge in [0.1, 0.15) is 12.7 Å². The van der Waals surface area contributed by atoms with Crippen molar-refractivity contribution >= 4 is 25.7 Å². The second-order valence-electron chi connectivity index (χ2n) is 10.6. The minimum Gasteiger partial charge on any atom is -0.480 e. The minimum atomic E-state index is -4.75. The van der Waals surface area contributed by atoms with Crippen molar-refractivity contribution in [3.8, 4) is 0 Å². The molecule has 0 heterocycles. The summed E-state index contributed by atoms with van der Waals surface area (Å²) in [6.45, 7) is 2.17. The van der Waals surface area contributed by atoms with Gasteiger partial charge < -0.3 is 25.2 Å². The van der Waals surface area contributed by atoms with Gasteiger partial charge in [-0.15, -0.1) is 0 Å². The highest BCUT2D eigenvalue weighted by Crippen LogP contribution is 2.43. The van der Waals surface area contributed by atoms with Crippen molar-refractivity contribution in [3.63, 3.8) is 0 Å². The van der Waals surface area contributed by atoms with E-state index in [1.54, 1.807) is 0 Å². The number of carbonyl (C=O) groups is 3. The number of amides is 1. The van der Waals surface area contributed by atoms with Crippen molar-refractivity contribution in [3.05, 3.63) is 72.9 Å². The van der Waals surface area contributed by atoms with E-state index >= 15 is 0 Å². The number of aliphatic carboxylic acids is 1. The lowest BCUT2D eigenvalue weighted by molar-refractivity contribution is -0.147. The van der Waals surface area contributed by atoms with Gasteiger partial charge in [-0.25, -0.2) is 9.36 Å². The van der Waals surface area contributed by atoms with Gasteiger partial charge in [-0.1, -0.05) is 106 Å². The number of carbonyl (C=O) groups excluding carboxylic acids is 2. The second kappa shape index (κ2) is 30.3. The van der Waals surface area contributed by atoms with Crippen molar-refractivity contribution < 1.29 is 47.8 Å². The van der Waals surface area contributed by atoms with Gasteiger partial charge in [0.2, 0.25) is 5.91 Å². The number of hydrogen-bond acceptors (Lipinski definition) is 8. The lowest BCUT2D eigenvalue weighted by Gasteiger charge is -2.18. The molecular formula is C35H56NO10P. The first-order valence-electron chi connectivity index (χ1n) is 16.5. The van der Waals surface area contributed by atoms with Crippen LogP contribution in [-0.2, 0) is 32.7 Å². The van der Waals surface area contributed by atoms with E-state index in [4.69, 9.17) is 4.74 Å². The summed E-state index contributed by atoms with van der Waals surface area (Å²) in [7, 11) is -4.75. The van der Waals surface area contributed by atoms with Crippen molar-refractivity contribution in [1.29, 1.82) is 0 Å². The van der Waals surface area contributed by atoms with Crippen LogP contribution >= 0.6 is 7.82 Å². The van der Waals surface area contributed by atoms with Crippen molar-refractivity contribution in [2.45, 2.75) is 109 Å². The molecule has 47 heavy (non-hydrogen) atoms. The molecular weight excluding hydrogens is 625 g/mol. The summed E-state index contributed by atoms with van der Waals surface area (Å²) in [4.78, 5) is 45.0. The lowest BCUT2D eigenvalue weighted by atomic mass is 10.1. The van der Waals surface area contributed by atoms with Crippen LogP contribution in [0.25, 0.3) is 0 Å². The molecule has 1 amide bonds. The number of carboxylic acid groups (broad SMARTS) is 1. The molecule has 266 valence electrons. The van der Waals surface area contributed by atoms with Crippen LogP contribution in [0.4, 0.5) is 0 Å². The van der Waals surface area contributed by atoms with E-state index < -0.39 is 57.6 Å². The van der Waals surface area contributed by atoms with E-state index in [0.29, 0.717) is 12.8 Å². The molecule has 12 heteroatoms.